The van der Waals surface area contributed by atoms with Crippen LogP contribution in [0, 0.1) is 0 Å². The summed E-state index contributed by atoms with van der Waals surface area (Å²) in [5.41, 5.74) is 5.49. The smallest absolute Gasteiger partial charge is 0.341 e. The molecule has 1 atom stereocenters. The first kappa shape index (κ1) is 26.0. The van der Waals surface area contributed by atoms with E-state index in [0.717, 1.165) is 75.6 Å². The molecular formula is C28H29NO5S3. The van der Waals surface area contributed by atoms with Gasteiger partial charge in [-0.3, -0.25) is 4.79 Å². The second-order valence-electron chi connectivity index (χ2n) is 9.23. The van der Waals surface area contributed by atoms with E-state index in [1.54, 1.807) is 11.3 Å². The molecule has 0 bridgehead atoms. The highest BCUT2D eigenvalue weighted by Gasteiger charge is 2.32. The number of aryl methyl sites for hydroxylation is 2. The monoisotopic (exact) mass is 555 g/mol. The number of esters is 2. The lowest BCUT2D eigenvalue weighted by atomic mass is 9.89. The number of nitrogens with one attached hydrogen (secondary N) is 1. The molecule has 2 heterocycles. The molecule has 6 nitrogen and oxygen atoms in total. The number of methoxy groups -OCH3 is 2. The zero-order valence-electron chi connectivity index (χ0n) is 21.1. The van der Waals surface area contributed by atoms with Crippen LogP contribution in [0.4, 0.5) is 5.00 Å². The van der Waals surface area contributed by atoms with Crippen molar-refractivity contribution in [3.8, 4) is 10.4 Å². The molecule has 9 heteroatoms. The van der Waals surface area contributed by atoms with Gasteiger partial charge in [-0.05, 0) is 67.7 Å². The lowest BCUT2D eigenvalue weighted by Crippen LogP contribution is -2.23. The van der Waals surface area contributed by atoms with Crippen molar-refractivity contribution in [3.05, 3.63) is 57.0 Å². The Bertz CT molecular complexity index is 1370. The van der Waals surface area contributed by atoms with Crippen molar-refractivity contribution >= 4 is 57.3 Å². The van der Waals surface area contributed by atoms with Gasteiger partial charge >= 0.3 is 11.9 Å². The van der Waals surface area contributed by atoms with Crippen LogP contribution in [0.3, 0.4) is 0 Å². The van der Waals surface area contributed by atoms with Crippen molar-refractivity contribution in [2.24, 2.45) is 0 Å². The van der Waals surface area contributed by atoms with Crippen LogP contribution < -0.4 is 5.32 Å². The van der Waals surface area contributed by atoms with Gasteiger partial charge in [0.2, 0.25) is 5.91 Å². The maximum absolute atomic E-state index is 13.4. The summed E-state index contributed by atoms with van der Waals surface area (Å²) >= 11 is 4.39. The lowest BCUT2D eigenvalue weighted by molar-refractivity contribution is -0.115. The number of amides is 1. The van der Waals surface area contributed by atoms with Gasteiger partial charge in [0.1, 0.15) is 5.00 Å². The SMILES string of the molecule is COC(=O)c1c(NC(=O)C(C)Sc2sc3c(c2C(=O)OC)CCc2ccccc2-3)sc2c1CCCCC2. The summed E-state index contributed by atoms with van der Waals surface area (Å²) in [6.45, 7) is 1.82. The Morgan fingerprint density at radius 1 is 0.892 bits per heavy atom. The minimum atomic E-state index is -0.494. The Kier molecular flexibility index (Phi) is 7.74. The van der Waals surface area contributed by atoms with Gasteiger partial charge < -0.3 is 14.8 Å². The average Bonchev–Trinajstić information content (AvgIpc) is 3.36. The normalized spacial score (nSPS) is 15.0. The number of fused-ring (bicyclic) bond motifs is 4. The highest BCUT2D eigenvalue weighted by Crippen LogP contribution is 2.47. The number of benzene rings is 1. The number of anilines is 1. The zero-order chi connectivity index (χ0) is 26.1. The van der Waals surface area contributed by atoms with E-state index in [-0.39, 0.29) is 11.9 Å². The molecular weight excluding hydrogens is 527 g/mol. The fourth-order valence-corrected chi connectivity index (χ4v) is 9.18. The van der Waals surface area contributed by atoms with Gasteiger partial charge in [0.15, 0.2) is 0 Å². The molecule has 2 aliphatic rings. The summed E-state index contributed by atoms with van der Waals surface area (Å²) in [4.78, 5) is 41.1. The Balaban J connectivity index is 1.43. The van der Waals surface area contributed by atoms with E-state index < -0.39 is 11.2 Å². The van der Waals surface area contributed by atoms with Crippen LogP contribution in [0.2, 0.25) is 0 Å². The maximum Gasteiger partial charge on any atom is 0.341 e. The molecule has 0 saturated heterocycles. The van der Waals surface area contributed by atoms with E-state index >= 15 is 0 Å². The number of hydrogen-bond acceptors (Lipinski definition) is 8. The summed E-state index contributed by atoms with van der Waals surface area (Å²) in [6, 6.07) is 8.26. The van der Waals surface area contributed by atoms with Crippen LogP contribution in [0.5, 0.6) is 0 Å². The Morgan fingerprint density at radius 3 is 2.41 bits per heavy atom. The summed E-state index contributed by atoms with van der Waals surface area (Å²) in [6.07, 6.45) is 6.60. The van der Waals surface area contributed by atoms with Gasteiger partial charge in [0.25, 0.3) is 0 Å². The second-order valence-corrected chi connectivity index (χ2v) is 13.0. The molecule has 0 aliphatic heterocycles. The molecule has 0 radical (unpaired) electrons. The van der Waals surface area contributed by atoms with Crippen molar-refractivity contribution in [2.45, 2.75) is 61.3 Å². The molecule has 194 valence electrons. The molecule has 1 aromatic carbocycles. The Morgan fingerprint density at radius 2 is 1.62 bits per heavy atom. The molecule has 0 fully saturated rings. The standard InChI is InChI=1S/C28H29NO5S3/c1-15(24(30)29-25-21(26(31)33-2)18-11-5-4-6-12-20(18)36-25)35-28-22(27(32)34-3)19-14-13-16-9-7-8-10-17(16)23(19)37-28/h7-10,15H,4-6,11-14H2,1-3H3,(H,29,30). The first-order valence-corrected chi connectivity index (χ1v) is 15.0. The van der Waals surface area contributed by atoms with Gasteiger partial charge in [-0.15, -0.1) is 34.4 Å². The first-order chi connectivity index (χ1) is 17.9. The van der Waals surface area contributed by atoms with Crippen molar-refractivity contribution in [1.82, 2.24) is 0 Å². The van der Waals surface area contributed by atoms with Crippen LogP contribution in [-0.4, -0.2) is 37.3 Å². The zero-order valence-corrected chi connectivity index (χ0v) is 23.6. The number of thioether (sulfide) groups is 1. The van der Waals surface area contributed by atoms with E-state index in [2.05, 4.69) is 17.4 Å². The second kappa shape index (κ2) is 11.0. The largest absolute Gasteiger partial charge is 0.465 e. The maximum atomic E-state index is 13.4. The highest BCUT2D eigenvalue weighted by molar-refractivity contribution is 8.02. The van der Waals surface area contributed by atoms with Crippen LogP contribution in [0.25, 0.3) is 10.4 Å². The fraction of sp³-hybridized carbons (Fsp3) is 0.393. The topological polar surface area (TPSA) is 81.7 Å². The fourth-order valence-electron chi connectivity index (χ4n) is 5.09. The quantitative estimate of drug-likeness (QED) is 0.211. The molecule has 1 N–H and O–H groups in total. The predicted molar refractivity (Wildman–Crippen MR) is 149 cm³/mol. The summed E-state index contributed by atoms with van der Waals surface area (Å²) in [5.74, 6) is -0.997. The number of thiophene rings is 2. The first-order valence-electron chi connectivity index (χ1n) is 12.5. The van der Waals surface area contributed by atoms with Crippen molar-refractivity contribution in [1.29, 1.82) is 0 Å². The van der Waals surface area contributed by atoms with Gasteiger partial charge in [0.05, 0.1) is 34.8 Å². The summed E-state index contributed by atoms with van der Waals surface area (Å²) in [5, 5.41) is 3.07. The number of hydrogen-bond donors (Lipinski definition) is 1. The van der Waals surface area contributed by atoms with Crippen LogP contribution in [-0.2, 0) is 40.0 Å². The van der Waals surface area contributed by atoms with E-state index in [4.69, 9.17) is 9.47 Å². The van der Waals surface area contributed by atoms with Crippen molar-refractivity contribution in [2.75, 3.05) is 19.5 Å². The Hall–Kier alpha value is -2.62. The highest BCUT2D eigenvalue weighted by atomic mass is 32.2. The molecule has 37 heavy (non-hydrogen) atoms. The van der Waals surface area contributed by atoms with Gasteiger partial charge in [-0.1, -0.05) is 30.7 Å². The molecule has 5 rings (SSSR count). The molecule has 2 aliphatic carbocycles. The van der Waals surface area contributed by atoms with Gasteiger partial charge in [0, 0.05) is 9.75 Å². The Labute approximate surface area is 228 Å². The van der Waals surface area contributed by atoms with Gasteiger partial charge in [-0.2, -0.15) is 0 Å². The molecule has 1 amide bonds. The third-order valence-electron chi connectivity index (χ3n) is 6.97. The van der Waals surface area contributed by atoms with Crippen LogP contribution in [0.1, 0.15) is 68.5 Å². The van der Waals surface area contributed by atoms with E-state index in [9.17, 15) is 14.4 Å². The van der Waals surface area contributed by atoms with E-state index in [1.807, 2.05) is 19.1 Å². The predicted octanol–water partition coefficient (Wildman–Crippen LogP) is 6.54. The summed E-state index contributed by atoms with van der Waals surface area (Å²) in [7, 11) is 2.77. The van der Waals surface area contributed by atoms with Crippen molar-refractivity contribution in [3.63, 3.8) is 0 Å². The third kappa shape index (κ3) is 4.96. The van der Waals surface area contributed by atoms with E-state index in [1.165, 1.54) is 42.9 Å². The minimum Gasteiger partial charge on any atom is -0.465 e. The number of carbonyl (C=O) groups is 3. The van der Waals surface area contributed by atoms with Gasteiger partial charge in [-0.25, -0.2) is 9.59 Å². The molecule has 3 aromatic rings. The molecule has 1 unspecified atom stereocenters. The molecule has 2 aromatic heterocycles. The lowest BCUT2D eigenvalue weighted by Gasteiger charge is -2.16. The third-order valence-corrected chi connectivity index (χ3v) is 10.8. The molecule has 0 spiro atoms. The van der Waals surface area contributed by atoms with Crippen molar-refractivity contribution < 1.29 is 23.9 Å². The van der Waals surface area contributed by atoms with Crippen LogP contribution >= 0.6 is 34.4 Å². The number of rotatable bonds is 6. The average molecular weight is 556 g/mol. The van der Waals surface area contributed by atoms with E-state index in [0.29, 0.717) is 16.1 Å². The number of ether oxygens (including phenoxy) is 2. The van der Waals surface area contributed by atoms with Crippen LogP contribution in [0.15, 0.2) is 28.5 Å². The minimum absolute atomic E-state index is 0.214. The molecule has 0 saturated carbocycles. The number of carbonyl (C=O) groups excluding carboxylic acids is 3. The summed E-state index contributed by atoms with van der Waals surface area (Å²) < 4.78 is 11.0.